The maximum atomic E-state index is 11.9. The fourth-order valence-electron chi connectivity index (χ4n) is 1.85. The summed E-state index contributed by atoms with van der Waals surface area (Å²) in [5.74, 6) is 0.312. The van der Waals surface area contributed by atoms with Gasteiger partial charge in [-0.2, -0.15) is 5.26 Å². The molecule has 0 atom stereocenters. The summed E-state index contributed by atoms with van der Waals surface area (Å²) in [6.07, 6.45) is 0. The molecule has 2 rings (SSSR count). The molecule has 118 valence electrons. The van der Waals surface area contributed by atoms with E-state index in [4.69, 9.17) is 33.2 Å². The Balaban J connectivity index is 1.94. The number of hydrogen-bond acceptors (Lipinski definition) is 4. The quantitative estimate of drug-likeness (QED) is 0.857. The number of halogens is 2. The van der Waals surface area contributed by atoms with Crippen LogP contribution in [0.3, 0.4) is 0 Å². The average molecular weight is 350 g/mol. The Labute approximate surface area is 143 Å². The van der Waals surface area contributed by atoms with E-state index in [9.17, 15) is 4.79 Å². The van der Waals surface area contributed by atoms with Crippen LogP contribution < -0.4 is 15.4 Å². The van der Waals surface area contributed by atoms with Gasteiger partial charge in [0.25, 0.3) is 0 Å². The minimum absolute atomic E-state index is 0.0558. The van der Waals surface area contributed by atoms with Gasteiger partial charge in [-0.05, 0) is 36.4 Å². The highest BCUT2D eigenvalue weighted by molar-refractivity contribution is 6.32. The van der Waals surface area contributed by atoms with Crippen molar-refractivity contribution in [2.75, 3.05) is 24.3 Å². The zero-order valence-corrected chi connectivity index (χ0v) is 13.7. The van der Waals surface area contributed by atoms with Crippen LogP contribution in [0, 0.1) is 11.3 Å². The van der Waals surface area contributed by atoms with Gasteiger partial charge in [0.1, 0.15) is 11.8 Å². The van der Waals surface area contributed by atoms with Crippen molar-refractivity contribution in [1.82, 2.24) is 0 Å². The molecular formula is C16H13Cl2N3O2. The Morgan fingerprint density at radius 1 is 1.17 bits per heavy atom. The monoisotopic (exact) mass is 349 g/mol. The van der Waals surface area contributed by atoms with Crippen LogP contribution in [0.2, 0.25) is 10.0 Å². The summed E-state index contributed by atoms with van der Waals surface area (Å²) in [6, 6.07) is 11.8. The molecule has 0 aliphatic heterocycles. The highest BCUT2D eigenvalue weighted by Gasteiger charge is 2.06. The van der Waals surface area contributed by atoms with E-state index >= 15 is 0 Å². The molecule has 23 heavy (non-hydrogen) atoms. The van der Waals surface area contributed by atoms with Crippen LogP contribution in [0.1, 0.15) is 5.56 Å². The molecule has 1 amide bonds. The van der Waals surface area contributed by atoms with Gasteiger partial charge in [0.15, 0.2) is 0 Å². The molecule has 2 aromatic carbocycles. The molecule has 2 N–H and O–H groups in total. The predicted octanol–water partition coefficient (Wildman–Crippen LogP) is 3.92. The third kappa shape index (κ3) is 4.52. The van der Waals surface area contributed by atoms with Crippen molar-refractivity contribution in [3.63, 3.8) is 0 Å². The highest BCUT2D eigenvalue weighted by Crippen LogP contribution is 2.27. The lowest BCUT2D eigenvalue weighted by Gasteiger charge is -2.10. The van der Waals surface area contributed by atoms with Crippen LogP contribution >= 0.6 is 23.2 Å². The maximum Gasteiger partial charge on any atom is 0.243 e. The fraction of sp³-hybridized carbons (Fsp3) is 0.125. The molecule has 2 aromatic rings. The first kappa shape index (κ1) is 16.9. The predicted molar refractivity (Wildman–Crippen MR) is 91.3 cm³/mol. The minimum atomic E-state index is -0.252. The third-order valence-corrected chi connectivity index (χ3v) is 3.59. The Bertz CT molecular complexity index is 772. The van der Waals surface area contributed by atoms with Crippen LogP contribution in [-0.2, 0) is 4.79 Å². The Hall–Kier alpha value is -2.42. The number of nitrogens with zero attached hydrogens (tertiary/aromatic N) is 1. The van der Waals surface area contributed by atoms with Gasteiger partial charge < -0.3 is 15.4 Å². The number of nitriles is 1. The van der Waals surface area contributed by atoms with Gasteiger partial charge in [0.2, 0.25) is 5.91 Å². The van der Waals surface area contributed by atoms with Crippen LogP contribution in [0.4, 0.5) is 11.4 Å². The highest BCUT2D eigenvalue weighted by atomic mass is 35.5. The largest absolute Gasteiger partial charge is 0.495 e. The van der Waals surface area contributed by atoms with Crippen molar-refractivity contribution in [2.45, 2.75) is 0 Å². The number of hydrogen-bond donors (Lipinski definition) is 2. The molecule has 0 aliphatic carbocycles. The first-order chi connectivity index (χ1) is 11.0. The van der Waals surface area contributed by atoms with E-state index in [0.29, 0.717) is 32.7 Å². The molecule has 0 unspecified atom stereocenters. The van der Waals surface area contributed by atoms with E-state index in [1.54, 1.807) is 30.3 Å². The van der Waals surface area contributed by atoms with Crippen molar-refractivity contribution in [1.29, 1.82) is 5.26 Å². The average Bonchev–Trinajstić information content (AvgIpc) is 2.53. The molecule has 0 fully saturated rings. The van der Waals surface area contributed by atoms with Crippen LogP contribution in [0.5, 0.6) is 5.75 Å². The number of amides is 1. The Kier molecular flexibility index (Phi) is 5.69. The number of rotatable bonds is 5. The van der Waals surface area contributed by atoms with E-state index < -0.39 is 0 Å². The summed E-state index contributed by atoms with van der Waals surface area (Å²) in [5.41, 5.74) is 1.58. The van der Waals surface area contributed by atoms with Gasteiger partial charge in [-0.25, -0.2) is 0 Å². The second-order valence-electron chi connectivity index (χ2n) is 4.56. The molecule has 0 spiro atoms. The van der Waals surface area contributed by atoms with Crippen LogP contribution in [-0.4, -0.2) is 19.6 Å². The van der Waals surface area contributed by atoms with Crippen molar-refractivity contribution in [3.05, 3.63) is 52.0 Å². The molecule has 0 heterocycles. The number of methoxy groups -OCH3 is 1. The van der Waals surface area contributed by atoms with Crippen LogP contribution in [0.15, 0.2) is 36.4 Å². The lowest BCUT2D eigenvalue weighted by Crippen LogP contribution is -2.21. The third-order valence-electron chi connectivity index (χ3n) is 2.98. The Morgan fingerprint density at radius 2 is 1.87 bits per heavy atom. The van der Waals surface area contributed by atoms with E-state index in [0.717, 1.165) is 0 Å². The first-order valence-corrected chi connectivity index (χ1v) is 7.36. The molecule has 0 saturated heterocycles. The van der Waals surface area contributed by atoms with E-state index in [2.05, 4.69) is 10.6 Å². The lowest BCUT2D eigenvalue weighted by atomic mass is 10.2. The molecular weight excluding hydrogens is 337 g/mol. The summed E-state index contributed by atoms with van der Waals surface area (Å²) in [5, 5.41) is 15.2. The van der Waals surface area contributed by atoms with Gasteiger partial charge in [0, 0.05) is 11.4 Å². The normalized spacial score (nSPS) is 9.83. The van der Waals surface area contributed by atoms with Crippen molar-refractivity contribution < 1.29 is 9.53 Å². The standard InChI is InChI=1S/C16H13Cl2N3O2/c1-23-15-5-4-11(6-14(15)18)20-9-16(22)21-12-3-2-10(8-19)13(17)7-12/h2-7,20H,9H2,1H3,(H,21,22). The summed E-state index contributed by atoms with van der Waals surface area (Å²) < 4.78 is 5.06. The SMILES string of the molecule is COc1ccc(NCC(=O)Nc2ccc(C#N)c(Cl)c2)cc1Cl. The molecule has 0 radical (unpaired) electrons. The minimum Gasteiger partial charge on any atom is -0.495 e. The second-order valence-corrected chi connectivity index (χ2v) is 5.37. The summed E-state index contributed by atoms with van der Waals surface area (Å²) in [7, 11) is 1.53. The van der Waals surface area contributed by atoms with E-state index in [-0.39, 0.29) is 12.5 Å². The number of carbonyl (C=O) groups excluding carboxylic acids is 1. The lowest BCUT2D eigenvalue weighted by molar-refractivity contribution is -0.114. The maximum absolute atomic E-state index is 11.9. The zero-order chi connectivity index (χ0) is 16.8. The molecule has 0 saturated carbocycles. The van der Waals surface area contributed by atoms with Gasteiger partial charge in [-0.3, -0.25) is 4.79 Å². The topological polar surface area (TPSA) is 74.2 Å². The van der Waals surface area contributed by atoms with E-state index in [1.165, 1.54) is 13.2 Å². The molecule has 0 aromatic heterocycles. The van der Waals surface area contributed by atoms with Gasteiger partial charge >= 0.3 is 0 Å². The number of ether oxygens (including phenoxy) is 1. The Morgan fingerprint density at radius 3 is 2.48 bits per heavy atom. The van der Waals surface area contributed by atoms with Crippen molar-refractivity contribution in [2.24, 2.45) is 0 Å². The summed E-state index contributed by atoms with van der Waals surface area (Å²) in [4.78, 5) is 11.9. The number of benzene rings is 2. The van der Waals surface area contributed by atoms with Crippen LogP contribution in [0.25, 0.3) is 0 Å². The zero-order valence-electron chi connectivity index (χ0n) is 12.2. The van der Waals surface area contributed by atoms with Gasteiger partial charge in [-0.1, -0.05) is 23.2 Å². The second kappa shape index (κ2) is 7.73. The molecule has 7 heteroatoms. The summed E-state index contributed by atoms with van der Waals surface area (Å²) in [6.45, 7) is 0.0558. The molecule has 5 nitrogen and oxygen atoms in total. The van der Waals surface area contributed by atoms with Gasteiger partial charge in [0.05, 0.1) is 29.3 Å². The number of carbonyl (C=O) groups is 1. The van der Waals surface area contributed by atoms with Crippen molar-refractivity contribution >= 4 is 40.5 Å². The number of anilines is 2. The van der Waals surface area contributed by atoms with E-state index in [1.807, 2.05) is 6.07 Å². The summed E-state index contributed by atoms with van der Waals surface area (Å²) >= 11 is 11.9. The fourth-order valence-corrected chi connectivity index (χ4v) is 2.33. The molecule has 0 aliphatic rings. The number of nitrogens with one attached hydrogen (secondary N) is 2. The van der Waals surface area contributed by atoms with Gasteiger partial charge in [-0.15, -0.1) is 0 Å². The smallest absolute Gasteiger partial charge is 0.243 e. The molecule has 0 bridgehead atoms. The first-order valence-electron chi connectivity index (χ1n) is 6.60. The van der Waals surface area contributed by atoms with Crippen molar-refractivity contribution in [3.8, 4) is 11.8 Å².